The minimum atomic E-state index is -0.0531. The van der Waals surface area contributed by atoms with Crippen molar-refractivity contribution in [2.24, 2.45) is 5.92 Å². The maximum Gasteiger partial charge on any atom is 0.0667 e. The molecule has 2 heteroatoms. The Morgan fingerprint density at radius 2 is 1.87 bits per heavy atom. The molecule has 0 aromatic heterocycles. The maximum atomic E-state index is 9.67. The Morgan fingerprint density at radius 1 is 1.13 bits per heavy atom. The van der Waals surface area contributed by atoms with E-state index in [1.54, 1.807) is 0 Å². The summed E-state index contributed by atoms with van der Waals surface area (Å²) < 4.78 is 0. The molecule has 2 fully saturated rings. The molecule has 1 N–H and O–H groups in total. The van der Waals surface area contributed by atoms with Gasteiger partial charge in [-0.15, -0.1) is 0 Å². The van der Waals surface area contributed by atoms with Gasteiger partial charge in [0.25, 0.3) is 0 Å². The monoisotopic (exact) mass is 211 g/mol. The summed E-state index contributed by atoms with van der Waals surface area (Å²) in [6, 6.07) is 0.780. The second-order valence-electron chi connectivity index (χ2n) is 5.37. The third kappa shape index (κ3) is 2.94. The van der Waals surface area contributed by atoms with Gasteiger partial charge in [-0.25, -0.2) is 0 Å². The van der Waals surface area contributed by atoms with Crippen LogP contribution in [0.4, 0.5) is 0 Å². The highest BCUT2D eigenvalue weighted by Gasteiger charge is 2.28. The molecule has 88 valence electrons. The van der Waals surface area contributed by atoms with Crippen LogP contribution in [0.3, 0.4) is 0 Å². The minimum absolute atomic E-state index is 0.0531. The Kier molecular flexibility index (Phi) is 4.04. The molecule has 0 radical (unpaired) electrons. The fraction of sp³-hybridized carbons (Fsp3) is 1.00. The zero-order chi connectivity index (χ0) is 10.7. The first kappa shape index (κ1) is 11.4. The second-order valence-corrected chi connectivity index (χ2v) is 5.37. The van der Waals surface area contributed by atoms with Crippen molar-refractivity contribution in [3.05, 3.63) is 0 Å². The fourth-order valence-electron chi connectivity index (χ4n) is 3.23. The van der Waals surface area contributed by atoms with E-state index in [4.69, 9.17) is 0 Å². The van der Waals surface area contributed by atoms with E-state index < -0.39 is 0 Å². The molecule has 0 bridgehead atoms. The molecule has 0 amide bonds. The van der Waals surface area contributed by atoms with Crippen molar-refractivity contribution in [2.45, 2.75) is 64.0 Å². The molecule has 15 heavy (non-hydrogen) atoms. The van der Waals surface area contributed by atoms with E-state index in [0.29, 0.717) is 0 Å². The van der Waals surface area contributed by atoms with Gasteiger partial charge in [-0.1, -0.05) is 13.3 Å². The summed E-state index contributed by atoms with van der Waals surface area (Å²) in [5.74, 6) is 0.982. The third-order valence-corrected chi connectivity index (χ3v) is 4.34. The Morgan fingerprint density at radius 3 is 2.47 bits per heavy atom. The summed E-state index contributed by atoms with van der Waals surface area (Å²) >= 11 is 0. The van der Waals surface area contributed by atoms with Crippen LogP contribution in [0.25, 0.3) is 0 Å². The molecule has 0 aromatic carbocycles. The van der Waals surface area contributed by atoms with Gasteiger partial charge in [-0.05, 0) is 51.0 Å². The molecule has 1 saturated carbocycles. The average molecular weight is 211 g/mol. The van der Waals surface area contributed by atoms with Crippen LogP contribution in [0.5, 0.6) is 0 Å². The summed E-state index contributed by atoms with van der Waals surface area (Å²) in [6.07, 6.45) is 9.06. The zero-order valence-electron chi connectivity index (χ0n) is 9.99. The smallest absolute Gasteiger partial charge is 0.0667 e. The van der Waals surface area contributed by atoms with Crippen LogP contribution in [0.15, 0.2) is 0 Å². The number of nitrogens with zero attached hydrogens (tertiary/aromatic N) is 1. The molecular formula is C13H25NO. The Bertz CT molecular complexity index is 187. The van der Waals surface area contributed by atoms with Crippen LogP contribution in [-0.2, 0) is 0 Å². The lowest BCUT2D eigenvalue weighted by atomic mass is 9.83. The van der Waals surface area contributed by atoms with E-state index in [0.717, 1.165) is 24.9 Å². The van der Waals surface area contributed by atoms with Crippen LogP contribution in [0.1, 0.15) is 51.9 Å². The van der Waals surface area contributed by atoms with E-state index in [9.17, 15) is 5.11 Å². The molecule has 1 aliphatic carbocycles. The van der Waals surface area contributed by atoms with Crippen LogP contribution < -0.4 is 0 Å². The normalized spacial score (nSPS) is 39.2. The number of rotatable bonds is 2. The van der Waals surface area contributed by atoms with Gasteiger partial charge < -0.3 is 5.11 Å². The van der Waals surface area contributed by atoms with Crippen molar-refractivity contribution < 1.29 is 5.11 Å². The van der Waals surface area contributed by atoms with Gasteiger partial charge in [0.2, 0.25) is 0 Å². The van der Waals surface area contributed by atoms with Gasteiger partial charge in [0, 0.05) is 12.6 Å². The Balaban J connectivity index is 1.79. The van der Waals surface area contributed by atoms with Gasteiger partial charge in [-0.3, -0.25) is 4.90 Å². The Labute approximate surface area is 93.7 Å². The first-order valence-electron chi connectivity index (χ1n) is 6.71. The predicted molar refractivity (Wildman–Crippen MR) is 62.9 cm³/mol. The quantitative estimate of drug-likeness (QED) is 0.758. The van der Waals surface area contributed by atoms with Crippen molar-refractivity contribution in [2.75, 3.05) is 13.1 Å². The first-order chi connectivity index (χ1) is 7.29. The zero-order valence-corrected chi connectivity index (χ0v) is 9.99. The van der Waals surface area contributed by atoms with Crippen molar-refractivity contribution >= 4 is 0 Å². The molecule has 1 heterocycles. The van der Waals surface area contributed by atoms with Crippen molar-refractivity contribution in [3.63, 3.8) is 0 Å². The molecular weight excluding hydrogens is 186 g/mol. The van der Waals surface area contributed by atoms with E-state index in [1.165, 1.54) is 45.1 Å². The van der Waals surface area contributed by atoms with Gasteiger partial charge in [0.15, 0.2) is 0 Å². The number of hydrogen-bond donors (Lipinski definition) is 1. The summed E-state index contributed by atoms with van der Waals surface area (Å²) in [5.41, 5.74) is 0. The summed E-state index contributed by atoms with van der Waals surface area (Å²) in [6.45, 7) is 4.47. The Hall–Kier alpha value is -0.0800. The van der Waals surface area contributed by atoms with E-state index in [2.05, 4.69) is 11.8 Å². The first-order valence-corrected chi connectivity index (χ1v) is 6.71. The van der Waals surface area contributed by atoms with Gasteiger partial charge in [0.1, 0.15) is 0 Å². The number of piperidine rings is 1. The standard InChI is InChI=1S/C13H25NO/c1-2-11-5-7-12(8-6-11)14-9-3-4-13(15)10-14/h11-13,15H,2-10H2,1H3/t11?,12?,13-/m1/s1. The van der Waals surface area contributed by atoms with Crippen molar-refractivity contribution in [1.82, 2.24) is 4.90 Å². The number of aliphatic hydroxyl groups excluding tert-OH is 1. The average Bonchev–Trinajstić information content (AvgIpc) is 2.29. The highest BCUT2D eigenvalue weighted by Crippen LogP contribution is 2.30. The summed E-state index contributed by atoms with van der Waals surface area (Å²) in [5, 5.41) is 9.67. The molecule has 0 spiro atoms. The van der Waals surface area contributed by atoms with Gasteiger partial charge >= 0.3 is 0 Å². The van der Waals surface area contributed by atoms with E-state index >= 15 is 0 Å². The molecule has 0 aromatic rings. The van der Waals surface area contributed by atoms with Crippen LogP contribution >= 0.6 is 0 Å². The third-order valence-electron chi connectivity index (χ3n) is 4.34. The fourth-order valence-corrected chi connectivity index (χ4v) is 3.23. The van der Waals surface area contributed by atoms with E-state index in [1.807, 2.05) is 0 Å². The molecule has 2 aliphatic rings. The largest absolute Gasteiger partial charge is 0.392 e. The maximum absolute atomic E-state index is 9.67. The van der Waals surface area contributed by atoms with Gasteiger partial charge in [0.05, 0.1) is 6.10 Å². The SMILES string of the molecule is CCC1CCC(N2CCC[C@@H](O)C2)CC1. The predicted octanol–water partition coefficient (Wildman–Crippen LogP) is 2.41. The highest BCUT2D eigenvalue weighted by atomic mass is 16.3. The van der Waals surface area contributed by atoms with Crippen LogP contribution in [-0.4, -0.2) is 35.2 Å². The lowest BCUT2D eigenvalue weighted by Crippen LogP contribution is -2.46. The lowest BCUT2D eigenvalue weighted by molar-refractivity contribution is 0.0311. The molecule has 1 atom stereocenters. The van der Waals surface area contributed by atoms with E-state index in [-0.39, 0.29) is 6.10 Å². The summed E-state index contributed by atoms with van der Waals surface area (Å²) in [4.78, 5) is 2.54. The minimum Gasteiger partial charge on any atom is -0.392 e. The second kappa shape index (κ2) is 5.31. The molecule has 2 nitrogen and oxygen atoms in total. The molecule has 0 unspecified atom stereocenters. The number of β-amino-alcohol motifs (C(OH)–C–C–N with tert-alkyl or cyclic N) is 1. The highest BCUT2D eigenvalue weighted by molar-refractivity contribution is 4.83. The molecule has 1 saturated heterocycles. The number of aliphatic hydroxyl groups is 1. The number of likely N-dealkylation sites (tertiary alicyclic amines) is 1. The van der Waals surface area contributed by atoms with Crippen molar-refractivity contribution in [3.8, 4) is 0 Å². The van der Waals surface area contributed by atoms with Gasteiger partial charge in [-0.2, -0.15) is 0 Å². The molecule has 2 rings (SSSR count). The van der Waals surface area contributed by atoms with Crippen LogP contribution in [0, 0.1) is 5.92 Å². The lowest BCUT2D eigenvalue weighted by Gasteiger charge is -2.40. The number of hydrogen-bond acceptors (Lipinski definition) is 2. The van der Waals surface area contributed by atoms with Crippen molar-refractivity contribution in [1.29, 1.82) is 0 Å². The summed E-state index contributed by atoms with van der Waals surface area (Å²) in [7, 11) is 0. The van der Waals surface area contributed by atoms with Crippen LogP contribution in [0.2, 0.25) is 0 Å². The molecule has 1 aliphatic heterocycles. The topological polar surface area (TPSA) is 23.5 Å².